The number of rotatable bonds is 4. The van der Waals surface area contributed by atoms with Crippen molar-refractivity contribution in [1.29, 1.82) is 0 Å². The Morgan fingerprint density at radius 2 is 2.32 bits per heavy atom. The van der Waals surface area contributed by atoms with Gasteiger partial charge in [0.1, 0.15) is 11.4 Å². The van der Waals surface area contributed by atoms with Crippen molar-refractivity contribution in [2.45, 2.75) is 13.5 Å². The first-order chi connectivity index (χ1) is 9.11. The zero-order valence-electron chi connectivity index (χ0n) is 10.6. The van der Waals surface area contributed by atoms with E-state index in [1.54, 1.807) is 42.2 Å². The number of phenols is 1. The number of nitrogens with two attached hydrogens (primary N) is 1. The fraction of sp³-hybridized carbons (Fsp3) is 0.231. The fourth-order valence-electron chi connectivity index (χ4n) is 1.69. The molecule has 0 aliphatic carbocycles. The van der Waals surface area contributed by atoms with Crippen LogP contribution in [-0.4, -0.2) is 27.1 Å². The molecule has 6 heteroatoms. The lowest BCUT2D eigenvalue weighted by atomic mass is 10.2. The van der Waals surface area contributed by atoms with Gasteiger partial charge in [0.15, 0.2) is 0 Å². The van der Waals surface area contributed by atoms with Crippen LogP contribution in [0.15, 0.2) is 30.7 Å². The number of aryl methyl sites for hydroxylation is 1. The molecule has 0 saturated heterocycles. The predicted molar refractivity (Wildman–Crippen MR) is 72.1 cm³/mol. The second-order valence-electron chi connectivity index (χ2n) is 4.21. The van der Waals surface area contributed by atoms with Crippen LogP contribution in [0.5, 0.6) is 5.75 Å². The van der Waals surface area contributed by atoms with Gasteiger partial charge in [-0.25, -0.2) is 4.98 Å². The Labute approximate surface area is 110 Å². The second-order valence-corrected chi connectivity index (χ2v) is 4.21. The maximum atomic E-state index is 12.0. The molecule has 0 fully saturated rings. The Morgan fingerprint density at radius 1 is 1.53 bits per heavy atom. The van der Waals surface area contributed by atoms with Crippen LogP contribution < -0.4 is 11.1 Å². The molecule has 0 bridgehead atoms. The van der Waals surface area contributed by atoms with E-state index in [0.717, 1.165) is 0 Å². The van der Waals surface area contributed by atoms with E-state index in [1.165, 1.54) is 0 Å². The minimum absolute atomic E-state index is 0.0669. The summed E-state index contributed by atoms with van der Waals surface area (Å²) < 4.78 is 1.74. The normalized spacial score (nSPS) is 10.4. The first-order valence-electron chi connectivity index (χ1n) is 5.93. The highest BCUT2D eigenvalue weighted by Gasteiger charge is 2.12. The lowest BCUT2D eigenvalue weighted by Crippen LogP contribution is -2.13. The largest absolute Gasteiger partial charge is 0.505 e. The number of carbonyl (C=O) groups is 1. The number of hydrogen-bond donors (Lipinski definition) is 3. The van der Waals surface area contributed by atoms with Crippen LogP contribution in [0.1, 0.15) is 16.1 Å². The minimum Gasteiger partial charge on any atom is -0.505 e. The SMILES string of the molecule is Cc1cccc(NC(=O)c2cn(CCN)cn2)c1O. The van der Waals surface area contributed by atoms with E-state index < -0.39 is 0 Å². The number of nitrogens with one attached hydrogen (secondary N) is 1. The fourth-order valence-corrected chi connectivity index (χ4v) is 1.69. The summed E-state index contributed by atoms with van der Waals surface area (Å²) in [5.41, 5.74) is 6.78. The van der Waals surface area contributed by atoms with Gasteiger partial charge in [0.2, 0.25) is 0 Å². The van der Waals surface area contributed by atoms with Crippen LogP contribution in [0.4, 0.5) is 5.69 Å². The molecule has 6 nitrogen and oxygen atoms in total. The number of aromatic nitrogens is 2. The number of hydrogen-bond acceptors (Lipinski definition) is 4. The molecule has 0 saturated carbocycles. The standard InChI is InChI=1S/C13H16N4O2/c1-9-3-2-4-10(12(9)18)16-13(19)11-7-17(6-5-14)8-15-11/h2-4,7-8,18H,5-6,14H2,1H3,(H,16,19). The third-order valence-electron chi connectivity index (χ3n) is 2.74. The maximum Gasteiger partial charge on any atom is 0.275 e. The average Bonchev–Trinajstić information content (AvgIpc) is 2.84. The first kappa shape index (κ1) is 13.1. The number of amides is 1. The molecule has 2 aromatic rings. The zero-order valence-corrected chi connectivity index (χ0v) is 10.6. The Balaban J connectivity index is 2.14. The summed E-state index contributed by atoms with van der Waals surface area (Å²) in [6, 6.07) is 5.16. The lowest BCUT2D eigenvalue weighted by molar-refractivity contribution is 0.102. The average molecular weight is 260 g/mol. The summed E-state index contributed by atoms with van der Waals surface area (Å²) in [7, 11) is 0. The summed E-state index contributed by atoms with van der Waals surface area (Å²) in [6.45, 7) is 2.85. The van der Waals surface area contributed by atoms with Crippen molar-refractivity contribution >= 4 is 11.6 Å². The molecule has 100 valence electrons. The highest BCUT2D eigenvalue weighted by atomic mass is 16.3. The van der Waals surface area contributed by atoms with Crippen LogP contribution in [0.25, 0.3) is 0 Å². The van der Waals surface area contributed by atoms with Gasteiger partial charge in [-0.2, -0.15) is 0 Å². The van der Waals surface area contributed by atoms with Crippen LogP contribution in [0.2, 0.25) is 0 Å². The molecule has 2 rings (SSSR count). The number of phenolic OH excluding ortho intramolecular Hbond substituents is 1. The van der Waals surface area contributed by atoms with E-state index in [9.17, 15) is 9.90 Å². The van der Waals surface area contributed by atoms with E-state index in [1.807, 2.05) is 0 Å². The number of para-hydroxylation sites is 1. The molecule has 19 heavy (non-hydrogen) atoms. The highest BCUT2D eigenvalue weighted by Crippen LogP contribution is 2.26. The summed E-state index contributed by atoms with van der Waals surface area (Å²) in [5.74, 6) is -0.297. The van der Waals surface area contributed by atoms with Crippen molar-refractivity contribution < 1.29 is 9.90 Å². The molecule has 0 spiro atoms. The molecule has 1 aromatic carbocycles. The zero-order chi connectivity index (χ0) is 13.8. The number of aromatic hydroxyl groups is 1. The van der Waals surface area contributed by atoms with Gasteiger partial charge >= 0.3 is 0 Å². The predicted octanol–water partition coefficient (Wildman–Crippen LogP) is 1.11. The Bertz CT molecular complexity index is 592. The van der Waals surface area contributed by atoms with Gasteiger partial charge in [0.05, 0.1) is 12.0 Å². The van der Waals surface area contributed by atoms with E-state index >= 15 is 0 Å². The monoisotopic (exact) mass is 260 g/mol. The van der Waals surface area contributed by atoms with Gasteiger partial charge in [0, 0.05) is 19.3 Å². The van der Waals surface area contributed by atoms with E-state index in [0.29, 0.717) is 24.3 Å². The third-order valence-corrected chi connectivity index (χ3v) is 2.74. The maximum absolute atomic E-state index is 12.0. The van der Waals surface area contributed by atoms with Gasteiger partial charge in [-0.1, -0.05) is 12.1 Å². The number of nitrogens with zero attached hydrogens (tertiary/aromatic N) is 2. The van der Waals surface area contributed by atoms with Crippen molar-refractivity contribution in [3.63, 3.8) is 0 Å². The van der Waals surface area contributed by atoms with Gasteiger partial charge in [0.25, 0.3) is 5.91 Å². The molecule has 1 amide bonds. The number of anilines is 1. The molecular formula is C13H16N4O2. The Kier molecular flexibility index (Phi) is 3.82. The van der Waals surface area contributed by atoms with Crippen LogP contribution in [0.3, 0.4) is 0 Å². The van der Waals surface area contributed by atoms with Crippen molar-refractivity contribution in [3.8, 4) is 5.75 Å². The molecule has 0 atom stereocenters. The van der Waals surface area contributed by atoms with Gasteiger partial charge in [-0.3, -0.25) is 4.79 Å². The van der Waals surface area contributed by atoms with Gasteiger partial charge < -0.3 is 20.7 Å². The van der Waals surface area contributed by atoms with E-state index in [-0.39, 0.29) is 17.4 Å². The molecular weight excluding hydrogens is 244 g/mol. The number of imidazole rings is 1. The van der Waals surface area contributed by atoms with Crippen molar-refractivity contribution in [3.05, 3.63) is 42.0 Å². The minimum atomic E-state index is -0.364. The highest BCUT2D eigenvalue weighted by molar-refractivity contribution is 6.03. The molecule has 4 N–H and O–H groups in total. The van der Waals surface area contributed by atoms with E-state index in [4.69, 9.17) is 5.73 Å². The molecule has 1 aromatic heterocycles. The Morgan fingerprint density at radius 3 is 3.05 bits per heavy atom. The summed E-state index contributed by atoms with van der Waals surface area (Å²) in [4.78, 5) is 16.0. The molecule has 0 aliphatic heterocycles. The van der Waals surface area contributed by atoms with Crippen LogP contribution in [-0.2, 0) is 6.54 Å². The van der Waals surface area contributed by atoms with Crippen molar-refractivity contribution in [2.24, 2.45) is 5.73 Å². The summed E-state index contributed by atoms with van der Waals surface area (Å²) in [6.07, 6.45) is 3.17. The second kappa shape index (κ2) is 5.53. The van der Waals surface area contributed by atoms with Crippen molar-refractivity contribution in [2.75, 3.05) is 11.9 Å². The van der Waals surface area contributed by atoms with Gasteiger partial charge in [-0.15, -0.1) is 0 Å². The summed E-state index contributed by atoms with van der Waals surface area (Å²) in [5, 5.41) is 12.5. The molecule has 1 heterocycles. The van der Waals surface area contributed by atoms with Gasteiger partial charge in [-0.05, 0) is 18.6 Å². The number of benzene rings is 1. The third kappa shape index (κ3) is 2.92. The lowest BCUT2D eigenvalue weighted by Gasteiger charge is -2.07. The quantitative estimate of drug-likeness (QED) is 0.718. The molecule has 0 radical (unpaired) electrons. The smallest absolute Gasteiger partial charge is 0.275 e. The van der Waals surface area contributed by atoms with E-state index in [2.05, 4.69) is 10.3 Å². The first-order valence-corrected chi connectivity index (χ1v) is 5.93. The molecule has 0 unspecified atom stereocenters. The Hall–Kier alpha value is -2.34. The topological polar surface area (TPSA) is 93.2 Å². The number of carbonyl (C=O) groups excluding carboxylic acids is 1. The van der Waals surface area contributed by atoms with Crippen molar-refractivity contribution in [1.82, 2.24) is 9.55 Å². The molecule has 0 aliphatic rings. The summed E-state index contributed by atoms with van der Waals surface area (Å²) >= 11 is 0. The van der Waals surface area contributed by atoms with Crippen LogP contribution >= 0.6 is 0 Å². The van der Waals surface area contributed by atoms with Crippen LogP contribution in [0, 0.1) is 6.92 Å².